The van der Waals surface area contributed by atoms with E-state index >= 15 is 0 Å². The molecule has 0 fully saturated rings. The molecule has 0 radical (unpaired) electrons. The molecule has 21 heavy (non-hydrogen) atoms. The van der Waals surface area contributed by atoms with Crippen molar-refractivity contribution in [2.75, 3.05) is 13.7 Å². The van der Waals surface area contributed by atoms with Crippen LogP contribution in [0.1, 0.15) is 40.2 Å². The van der Waals surface area contributed by atoms with Crippen LogP contribution in [0, 0.1) is 0 Å². The first-order chi connectivity index (χ1) is 9.70. The highest BCUT2D eigenvalue weighted by Gasteiger charge is 2.14. The number of carbonyl (C=O) groups is 1. The maximum atomic E-state index is 12.0. The maximum Gasteiger partial charge on any atom is 0.260 e. The van der Waals surface area contributed by atoms with Crippen molar-refractivity contribution < 1.29 is 9.53 Å². The number of amides is 1. The molecule has 4 nitrogen and oxygen atoms in total. The predicted molar refractivity (Wildman–Crippen MR) is 86.4 cm³/mol. The molecular weight excluding hydrogens is 264 g/mol. The molecule has 0 unspecified atom stereocenters. The lowest BCUT2D eigenvalue weighted by atomic mass is 10.1. The number of hydrogen-bond acceptors (Lipinski definition) is 3. The number of para-hydroxylation sites is 1. The van der Waals surface area contributed by atoms with Crippen LogP contribution in [-0.2, 0) is 11.3 Å². The van der Waals surface area contributed by atoms with E-state index in [0.29, 0.717) is 6.54 Å². The first-order valence-electron chi connectivity index (χ1n) is 7.42. The summed E-state index contributed by atoms with van der Waals surface area (Å²) in [6, 6.07) is 8.01. The third-order valence-electron chi connectivity index (χ3n) is 3.30. The zero-order valence-corrected chi connectivity index (χ0v) is 14.1. The van der Waals surface area contributed by atoms with Crippen molar-refractivity contribution in [1.29, 1.82) is 0 Å². The number of carbonyl (C=O) groups excluding carboxylic acids is 1. The second-order valence-corrected chi connectivity index (χ2v) is 6.60. The molecule has 118 valence electrons. The van der Waals surface area contributed by atoms with Gasteiger partial charge >= 0.3 is 0 Å². The molecule has 0 aliphatic carbocycles. The smallest absolute Gasteiger partial charge is 0.260 e. The molecule has 0 bridgehead atoms. The topological polar surface area (TPSA) is 41.6 Å². The molecule has 1 aromatic carbocycles. The number of benzene rings is 1. The lowest BCUT2D eigenvalue weighted by molar-refractivity contribution is -0.133. The Balaban J connectivity index is 2.65. The SMILES string of the molecule is CC(C)N(C)C(=O)COc1ccccc1CNC(C)(C)C. The minimum Gasteiger partial charge on any atom is -0.483 e. The van der Waals surface area contributed by atoms with Crippen LogP contribution in [0.2, 0.25) is 0 Å². The van der Waals surface area contributed by atoms with Gasteiger partial charge in [0.25, 0.3) is 5.91 Å². The first kappa shape index (κ1) is 17.5. The van der Waals surface area contributed by atoms with Crippen LogP contribution in [-0.4, -0.2) is 36.0 Å². The molecule has 4 heteroatoms. The second-order valence-electron chi connectivity index (χ2n) is 6.60. The summed E-state index contributed by atoms with van der Waals surface area (Å²) < 4.78 is 5.70. The summed E-state index contributed by atoms with van der Waals surface area (Å²) in [5.41, 5.74) is 1.10. The molecular formula is C17H28N2O2. The van der Waals surface area contributed by atoms with Crippen molar-refractivity contribution >= 4 is 5.91 Å². The Morgan fingerprint density at radius 3 is 2.48 bits per heavy atom. The fourth-order valence-corrected chi connectivity index (χ4v) is 1.68. The van der Waals surface area contributed by atoms with Gasteiger partial charge in [0, 0.05) is 30.7 Å². The van der Waals surface area contributed by atoms with Gasteiger partial charge in [-0.3, -0.25) is 4.79 Å². The third kappa shape index (κ3) is 6.17. The monoisotopic (exact) mass is 292 g/mol. The lowest BCUT2D eigenvalue weighted by Crippen LogP contribution is -2.37. The van der Waals surface area contributed by atoms with Crippen molar-refractivity contribution in [3.63, 3.8) is 0 Å². The molecule has 0 aromatic heterocycles. The van der Waals surface area contributed by atoms with Crippen molar-refractivity contribution in [3.05, 3.63) is 29.8 Å². The average molecular weight is 292 g/mol. The largest absolute Gasteiger partial charge is 0.483 e. The Morgan fingerprint density at radius 1 is 1.29 bits per heavy atom. The summed E-state index contributed by atoms with van der Waals surface area (Å²) in [5.74, 6) is 0.753. The van der Waals surface area contributed by atoms with Gasteiger partial charge in [-0.25, -0.2) is 0 Å². The molecule has 0 atom stereocenters. The van der Waals surface area contributed by atoms with Crippen molar-refractivity contribution in [3.8, 4) is 5.75 Å². The summed E-state index contributed by atoms with van der Waals surface area (Å²) >= 11 is 0. The Labute approximate surface area is 128 Å². The van der Waals surface area contributed by atoms with Crippen LogP contribution in [0.3, 0.4) is 0 Å². The normalized spacial score (nSPS) is 11.6. The van der Waals surface area contributed by atoms with Crippen LogP contribution in [0.5, 0.6) is 5.75 Å². The number of nitrogens with zero attached hydrogens (tertiary/aromatic N) is 1. The van der Waals surface area contributed by atoms with Crippen molar-refractivity contribution in [1.82, 2.24) is 10.2 Å². The molecule has 0 saturated carbocycles. The van der Waals surface area contributed by atoms with E-state index in [1.165, 1.54) is 0 Å². The Bertz CT molecular complexity index is 464. The zero-order chi connectivity index (χ0) is 16.0. The van der Waals surface area contributed by atoms with E-state index in [4.69, 9.17) is 4.74 Å². The maximum absolute atomic E-state index is 12.0. The third-order valence-corrected chi connectivity index (χ3v) is 3.30. The molecule has 0 spiro atoms. The van der Waals surface area contributed by atoms with E-state index in [1.807, 2.05) is 38.1 Å². The van der Waals surface area contributed by atoms with Gasteiger partial charge < -0.3 is 15.0 Å². The van der Waals surface area contributed by atoms with Gasteiger partial charge in [-0.1, -0.05) is 18.2 Å². The standard InChI is InChI=1S/C17H28N2O2/c1-13(2)19(6)16(20)12-21-15-10-8-7-9-14(15)11-18-17(3,4)5/h7-10,13,18H,11-12H2,1-6H3. The number of ether oxygens (including phenoxy) is 1. The first-order valence-corrected chi connectivity index (χ1v) is 7.42. The molecule has 1 amide bonds. The van der Waals surface area contributed by atoms with Crippen LogP contribution in [0.15, 0.2) is 24.3 Å². The number of hydrogen-bond donors (Lipinski definition) is 1. The molecule has 1 N–H and O–H groups in total. The number of nitrogens with one attached hydrogen (secondary N) is 1. The van der Waals surface area contributed by atoms with Crippen LogP contribution in [0.4, 0.5) is 0 Å². The average Bonchev–Trinajstić information content (AvgIpc) is 2.41. The van der Waals surface area contributed by atoms with Crippen LogP contribution in [0.25, 0.3) is 0 Å². The fraction of sp³-hybridized carbons (Fsp3) is 0.588. The Kier molecular flexibility index (Phi) is 6.21. The molecule has 1 rings (SSSR count). The van der Waals surface area contributed by atoms with E-state index in [9.17, 15) is 4.79 Å². The van der Waals surface area contributed by atoms with E-state index in [-0.39, 0.29) is 24.1 Å². The molecule has 0 aliphatic rings. The van der Waals surface area contributed by atoms with Gasteiger partial charge in [0.05, 0.1) is 0 Å². The fourth-order valence-electron chi connectivity index (χ4n) is 1.68. The molecule has 0 aliphatic heterocycles. The quantitative estimate of drug-likeness (QED) is 0.876. The van der Waals surface area contributed by atoms with Gasteiger partial charge in [0.1, 0.15) is 5.75 Å². The van der Waals surface area contributed by atoms with E-state index < -0.39 is 0 Å². The highest BCUT2D eigenvalue weighted by atomic mass is 16.5. The predicted octanol–water partition coefficient (Wildman–Crippen LogP) is 2.82. The summed E-state index contributed by atoms with van der Waals surface area (Å²) in [5, 5.41) is 3.43. The summed E-state index contributed by atoms with van der Waals surface area (Å²) in [7, 11) is 1.80. The van der Waals surface area contributed by atoms with Gasteiger partial charge in [-0.05, 0) is 40.7 Å². The number of rotatable bonds is 6. The Hall–Kier alpha value is -1.55. The summed E-state index contributed by atoms with van der Waals surface area (Å²) in [6.07, 6.45) is 0. The van der Waals surface area contributed by atoms with Crippen LogP contribution >= 0.6 is 0 Å². The minimum atomic E-state index is -0.0106. The van der Waals surface area contributed by atoms with Gasteiger partial charge in [-0.2, -0.15) is 0 Å². The van der Waals surface area contributed by atoms with E-state index in [0.717, 1.165) is 11.3 Å². The van der Waals surface area contributed by atoms with Crippen LogP contribution < -0.4 is 10.1 Å². The van der Waals surface area contributed by atoms with E-state index in [2.05, 4.69) is 26.1 Å². The molecule has 0 saturated heterocycles. The highest BCUT2D eigenvalue weighted by molar-refractivity contribution is 5.77. The molecule has 0 heterocycles. The lowest BCUT2D eigenvalue weighted by Gasteiger charge is -2.23. The summed E-state index contributed by atoms with van der Waals surface area (Å²) in [6.45, 7) is 11.1. The van der Waals surface area contributed by atoms with Gasteiger partial charge in [-0.15, -0.1) is 0 Å². The van der Waals surface area contributed by atoms with Crippen molar-refractivity contribution in [2.45, 2.75) is 52.7 Å². The second kappa shape index (κ2) is 7.46. The van der Waals surface area contributed by atoms with E-state index in [1.54, 1.807) is 11.9 Å². The number of likely N-dealkylation sites (N-methyl/N-ethyl adjacent to an activating group) is 1. The molecule has 1 aromatic rings. The zero-order valence-electron chi connectivity index (χ0n) is 14.1. The minimum absolute atomic E-state index is 0.0106. The summed E-state index contributed by atoms with van der Waals surface area (Å²) in [4.78, 5) is 13.7. The Morgan fingerprint density at radius 2 is 1.90 bits per heavy atom. The van der Waals surface area contributed by atoms with Crippen molar-refractivity contribution in [2.24, 2.45) is 0 Å². The van der Waals surface area contributed by atoms with Gasteiger partial charge in [0.2, 0.25) is 0 Å². The highest BCUT2D eigenvalue weighted by Crippen LogP contribution is 2.18. The van der Waals surface area contributed by atoms with Gasteiger partial charge in [0.15, 0.2) is 6.61 Å².